The van der Waals surface area contributed by atoms with Crippen molar-refractivity contribution in [3.8, 4) is 5.75 Å². The lowest BCUT2D eigenvalue weighted by Crippen LogP contribution is -2.11. The van der Waals surface area contributed by atoms with Crippen LogP contribution in [0.2, 0.25) is 5.02 Å². The first kappa shape index (κ1) is 15.4. The fourth-order valence-corrected chi connectivity index (χ4v) is 3.43. The highest BCUT2D eigenvalue weighted by molar-refractivity contribution is 14.1. The standard InChI is InChI=1S/C13H11ClINO3S/c1-8-2-4-10(5-3-8)20(17,18)19-12-7-9(14)6-11(15)13(12)16/h2-7H,16H2,1H3. The molecule has 0 saturated carbocycles. The number of anilines is 1. The molecular formula is C13H11ClINO3S. The summed E-state index contributed by atoms with van der Waals surface area (Å²) in [6.07, 6.45) is 0. The molecule has 106 valence electrons. The van der Waals surface area contributed by atoms with Crippen molar-refractivity contribution in [3.05, 3.63) is 50.6 Å². The van der Waals surface area contributed by atoms with Gasteiger partial charge in [-0.3, -0.25) is 0 Å². The van der Waals surface area contributed by atoms with Crippen LogP contribution in [0.3, 0.4) is 0 Å². The number of benzene rings is 2. The quantitative estimate of drug-likeness (QED) is 0.465. The van der Waals surface area contributed by atoms with Gasteiger partial charge in [0.1, 0.15) is 4.90 Å². The van der Waals surface area contributed by atoms with E-state index >= 15 is 0 Å². The minimum atomic E-state index is -3.93. The van der Waals surface area contributed by atoms with Gasteiger partial charge in [-0.2, -0.15) is 8.42 Å². The molecule has 4 nitrogen and oxygen atoms in total. The molecule has 2 aromatic carbocycles. The number of halogens is 2. The molecule has 7 heteroatoms. The molecule has 0 spiro atoms. The van der Waals surface area contributed by atoms with Gasteiger partial charge in [-0.25, -0.2) is 0 Å². The van der Waals surface area contributed by atoms with Gasteiger partial charge >= 0.3 is 10.1 Å². The number of nitrogen functional groups attached to an aromatic ring is 1. The lowest BCUT2D eigenvalue weighted by Gasteiger charge is -2.11. The molecule has 2 rings (SSSR count). The first-order valence-electron chi connectivity index (χ1n) is 5.55. The number of aryl methyl sites for hydroxylation is 1. The first-order chi connectivity index (χ1) is 9.29. The predicted octanol–water partition coefficient (Wildman–Crippen LogP) is 3.60. The molecule has 0 heterocycles. The average molecular weight is 424 g/mol. The van der Waals surface area contributed by atoms with Crippen molar-refractivity contribution in [1.29, 1.82) is 0 Å². The zero-order valence-corrected chi connectivity index (χ0v) is 14.2. The lowest BCUT2D eigenvalue weighted by atomic mass is 10.2. The minimum absolute atomic E-state index is 0.0301. The summed E-state index contributed by atoms with van der Waals surface area (Å²) in [6.45, 7) is 1.87. The Balaban J connectivity index is 2.41. The van der Waals surface area contributed by atoms with E-state index < -0.39 is 10.1 Å². The maximum atomic E-state index is 12.2. The smallest absolute Gasteiger partial charge is 0.339 e. The molecule has 0 unspecified atom stereocenters. The third-order valence-electron chi connectivity index (χ3n) is 2.57. The van der Waals surface area contributed by atoms with E-state index in [1.165, 1.54) is 18.2 Å². The molecule has 2 N–H and O–H groups in total. The minimum Gasteiger partial charge on any atom is -0.395 e. The Bertz CT molecular complexity index is 745. The van der Waals surface area contributed by atoms with E-state index in [-0.39, 0.29) is 16.3 Å². The van der Waals surface area contributed by atoms with Crippen molar-refractivity contribution in [2.24, 2.45) is 0 Å². The van der Waals surface area contributed by atoms with Gasteiger partial charge in [0.25, 0.3) is 0 Å². The molecule has 0 aromatic heterocycles. The topological polar surface area (TPSA) is 69.4 Å². The maximum Gasteiger partial charge on any atom is 0.339 e. The monoisotopic (exact) mass is 423 g/mol. The van der Waals surface area contributed by atoms with Crippen LogP contribution in [-0.4, -0.2) is 8.42 Å². The fraction of sp³-hybridized carbons (Fsp3) is 0.0769. The van der Waals surface area contributed by atoms with E-state index in [4.69, 9.17) is 21.5 Å². The molecule has 0 bridgehead atoms. The summed E-state index contributed by atoms with van der Waals surface area (Å²) >= 11 is 7.84. The molecular weight excluding hydrogens is 413 g/mol. The second-order valence-corrected chi connectivity index (χ2v) is 7.29. The van der Waals surface area contributed by atoms with Crippen LogP contribution in [0.1, 0.15) is 5.56 Å². The molecule has 0 aliphatic carbocycles. The van der Waals surface area contributed by atoms with E-state index in [2.05, 4.69) is 0 Å². The molecule has 0 aliphatic heterocycles. The number of nitrogens with two attached hydrogens (primary N) is 1. The molecule has 0 amide bonds. The summed E-state index contributed by atoms with van der Waals surface area (Å²) in [5.41, 5.74) is 7.01. The number of rotatable bonds is 3. The summed E-state index contributed by atoms with van der Waals surface area (Å²) in [5, 5.41) is 0.359. The molecule has 0 fully saturated rings. The van der Waals surface area contributed by atoms with Gasteiger partial charge < -0.3 is 9.92 Å². The normalized spacial score (nSPS) is 11.3. The van der Waals surface area contributed by atoms with E-state index in [1.54, 1.807) is 18.2 Å². The molecule has 0 aliphatic rings. The van der Waals surface area contributed by atoms with Crippen LogP contribution < -0.4 is 9.92 Å². The fourth-order valence-electron chi connectivity index (χ4n) is 1.50. The van der Waals surface area contributed by atoms with Crippen LogP contribution in [0, 0.1) is 10.5 Å². The van der Waals surface area contributed by atoms with E-state index in [0.29, 0.717) is 8.59 Å². The average Bonchev–Trinajstić information content (AvgIpc) is 2.35. The van der Waals surface area contributed by atoms with Gasteiger partial charge in [-0.05, 0) is 47.7 Å². The van der Waals surface area contributed by atoms with Gasteiger partial charge in [0.05, 0.1) is 5.69 Å². The van der Waals surface area contributed by atoms with Crippen molar-refractivity contribution in [2.75, 3.05) is 5.73 Å². The van der Waals surface area contributed by atoms with Gasteiger partial charge in [-0.15, -0.1) is 0 Å². The second-order valence-electron chi connectivity index (χ2n) is 4.15. The van der Waals surface area contributed by atoms with Crippen LogP contribution in [0.15, 0.2) is 41.3 Å². The zero-order chi connectivity index (χ0) is 14.9. The van der Waals surface area contributed by atoms with E-state index in [1.807, 2.05) is 29.5 Å². The van der Waals surface area contributed by atoms with Crippen molar-refractivity contribution < 1.29 is 12.6 Å². The maximum absolute atomic E-state index is 12.2. The van der Waals surface area contributed by atoms with Crippen LogP contribution in [0.25, 0.3) is 0 Å². The summed E-state index contributed by atoms with van der Waals surface area (Å²) in [7, 11) is -3.93. The largest absolute Gasteiger partial charge is 0.395 e. The van der Waals surface area contributed by atoms with Crippen LogP contribution >= 0.6 is 34.2 Å². The number of hydrogen-bond acceptors (Lipinski definition) is 4. The predicted molar refractivity (Wildman–Crippen MR) is 87.6 cm³/mol. The molecule has 0 saturated heterocycles. The Morgan fingerprint density at radius 3 is 2.40 bits per heavy atom. The first-order valence-corrected chi connectivity index (χ1v) is 8.42. The highest BCUT2D eigenvalue weighted by atomic mass is 127. The summed E-state index contributed by atoms with van der Waals surface area (Å²) in [5.74, 6) is 0.0301. The lowest BCUT2D eigenvalue weighted by molar-refractivity contribution is 0.487. The van der Waals surface area contributed by atoms with Crippen molar-refractivity contribution in [2.45, 2.75) is 11.8 Å². The molecule has 0 atom stereocenters. The Kier molecular flexibility index (Phi) is 4.46. The zero-order valence-electron chi connectivity index (χ0n) is 10.4. The summed E-state index contributed by atoms with van der Waals surface area (Å²) in [4.78, 5) is 0.0671. The van der Waals surface area contributed by atoms with Crippen molar-refractivity contribution >= 4 is 50.0 Å². The second kappa shape index (κ2) is 5.79. The number of hydrogen-bond donors (Lipinski definition) is 1. The Morgan fingerprint density at radius 1 is 1.20 bits per heavy atom. The van der Waals surface area contributed by atoms with Gasteiger partial charge in [0, 0.05) is 14.7 Å². The highest BCUT2D eigenvalue weighted by Crippen LogP contribution is 2.32. The van der Waals surface area contributed by atoms with Crippen LogP contribution in [0.4, 0.5) is 5.69 Å². The Labute approximate surface area is 136 Å². The third-order valence-corrected chi connectivity index (χ3v) is 4.92. The highest BCUT2D eigenvalue weighted by Gasteiger charge is 2.19. The van der Waals surface area contributed by atoms with E-state index in [9.17, 15) is 8.42 Å². The van der Waals surface area contributed by atoms with Crippen LogP contribution in [0.5, 0.6) is 5.75 Å². The molecule has 0 radical (unpaired) electrons. The van der Waals surface area contributed by atoms with Crippen molar-refractivity contribution in [3.63, 3.8) is 0 Å². The summed E-state index contributed by atoms with van der Waals surface area (Å²) in [6, 6.07) is 9.36. The molecule has 20 heavy (non-hydrogen) atoms. The van der Waals surface area contributed by atoms with Gasteiger partial charge in [-0.1, -0.05) is 29.3 Å². The Morgan fingerprint density at radius 2 is 1.80 bits per heavy atom. The summed E-state index contributed by atoms with van der Waals surface area (Å²) < 4.78 is 30.0. The van der Waals surface area contributed by atoms with Gasteiger partial charge in [0.2, 0.25) is 0 Å². The van der Waals surface area contributed by atoms with Gasteiger partial charge in [0.15, 0.2) is 5.75 Å². The van der Waals surface area contributed by atoms with Crippen molar-refractivity contribution in [1.82, 2.24) is 0 Å². The van der Waals surface area contributed by atoms with E-state index in [0.717, 1.165) is 5.56 Å². The van der Waals surface area contributed by atoms with Crippen LogP contribution in [-0.2, 0) is 10.1 Å². The Hall–Kier alpha value is -0.990. The SMILES string of the molecule is Cc1ccc(S(=O)(=O)Oc2cc(Cl)cc(I)c2N)cc1. The molecule has 2 aromatic rings. The third kappa shape index (κ3) is 3.36.